The minimum Gasteiger partial charge on any atom is -0.506 e. The number of carbonyl (C=O) groups is 1. The average molecular weight is 471 g/mol. The molecule has 3 rings (SSSR count). The summed E-state index contributed by atoms with van der Waals surface area (Å²) in [5.74, 6) is 0.142. The molecule has 0 saturated carbocycles. The van der Waals surface area contributed by atoms with E-state index in [9.17, 15) is 18.3 Å². The lowest BCUT2D eigenvalue weighted by Gasteiger charge is -2.15. The second-order valence-electron chi connectivity index (χ2n) is 7.55. The average Bonchev–Trinajstić information content (AvgIpc) is 2.74. The molecular formula is C24H26N2O6S. The van der Waals surface area contributed by atoms with Gasteiger partial charge in [-0.2, -0.15) is 0 Å². The van der Waals surface area contributed by atoms with Gasteiger partial charge in [0.05, 0.1) is 23.4 Å². The fourth-order valence-corrected chi connectivity index (χ4v) is 4.53. The summed E-state index contributed by atoms with van der Waals surface area (Å²) in [4.78, 5) is 12.3. The predicted molar refractivity (Wildman–Crippen MR) is 127 cm³/mol. The van der Waals surface area contributed by atoms with Crippen molar-refractivity contribution in [3.8, 4) is 17.2 Å². The molecule has 33 heavy (non-hydrogen) atoms. The van der Waals surface area contributed by atoms with Crippen LogP contribution in [-0.4, -0.2) is 33.1 Å². The van der Waals surface area contributed by atoms with E-state index in [0.29, 0.717) is 11.5 Å². The molecule has 0 atom stereocenters. The molecule has 0 aromatic heterocycles. The third-order valence-corrected chi connectivity index (χ3v) is 6.22. The summed E-state index contributed by atoms with van der Waals surface area (Å²) >= 11 is 0. The molecule has 1 amide bonds. The zero-order valence-electron chi connectivity index (χ0n) is 18.8. The highest BCUT2D eigenvalue weighted by Gasteiger charge is 2.19. The number of aromatic hydroxyl groups is 1. The Balaban J connectivity index is 1.75. The van der Waals surface area contributed by atoms with E-state index >= 15 is 0 Å². The minimum atomic E-state index is -4.02. The number of ether oxygens (including phenoxy) is 2. The van der Waals surface area contributed by atoms with Crippen molar-refractivity contribution in [2.75, 3.05) is 23.8 Å². The van der Waals surface area contributed by atoms with Gasteiger partial charge >= 0.3 is 0 Å². The molecule has 0 radical (unpaired) electrons. The summed E-state index contributed by atoms with van der Waals surface area (Å²) < 4.78 is 39.0. The number of anilines is 2. The number of rotatable bonds is 8. The highest BCUT2D eigenvalue weighted by molar-refractivity contribution is 7.92. The van der Waals surface area contributed by atoms with Crippen LogP contribution in [0.5, 0.6) is 17.2 Å². The molecule has 0 aliphatic rings. The van der Waals surface area contributed by atoms with Gasteiger partial charge in [-0.15, -0.1) is 0 Å². The van der Waals surface area contributed by atoms with Gasteiger partial charge in [0.2, 0.25) is 0 Å². The maximum atomic E-state index is 12.8. The molecule has 0 heterocycles. The quantitative estimate of drug-likeness (QED) is 0.426. The highest BCUT2D eigenvalue weighted by Crippen LogP contribution is 2.30. The Labute approximate surface area is 193 Å². The summed E-state index contributed by atoms with van der Waals surface area (Å²) in [6.07, 6.45) is 0. The summed E-state index contributed by atoms with van der Waals surface area (Å²) in [5, 5.41) is 12.6. The van der Waals surface area contributed by atoms with Crippen molar-refractivity contribution in [1.82, 2.24) is 0 Å². The first kappa shape index (κ1) is 23.9. The Bertz CT molecular complexity index is 1260. The number of hydrogen-bond donors (Lipinski definition) is 3. The molecule has 174 valence electrons. The lowest BCUT2D eigenvalue weighted by Crippen LogP contribution is -2.21. The third kappa shape index (κ3) is 5.75. The zero-order valence-corrected chi connectivity index (χ0v) is 19.6. The van der Waals surface area contributed by atoms with E-state index in [2.05, 4.69) is 10.0 Å². The van der Waals surface area contributed by atoms with Gasteiger partial charge in [-0.1, -0.05) is 29.8 Å². The Morgan fingerprint density at radius 2 is 1.64 bits per heavy atom. The van der Waals surface area contributed by atoms with Gasteiger partial charge in [0.1, 0.15) is 17.2 Å². The van der Waals surface area contributed by atoms with Gasteiger partial charge in [0, 0.05) is 0 Å². The van der Waals surface area contributed by atoms with E-state index in [1.807, 2.05) is 32.9 Å². The van der Waals surface area contributed by atoms with E-state index < -0.39 is 15.9 Å². The van der Waals surface area contributed by atoms with Crippen molar-refractivity contribution in [3.63, 3.8) is 0 Å². The topological polar surface area (TPSA) is 114 Å². The number of methoxy groups -OCH3 is 1. The van der Waals surface area contributed by atoms with Gasteiger partial charge in [0.15, 0.2) is 6.61 Å². The first-order chi connectivity index (χ1) is 15.6. The molecule has 0 aliphatic carbocycles. The van der Waals surface area contributed by atoms with Crippen molar-refractivity contribution in [2.45, 2.75) is 25.7 Å². The minimum absolute atomic E-state index is 0.0520. The standard InChI is InChI=1S/C24H26N2O6S/c1-15-11-16(2)24(17(3)12-15)32-14-23(28)25-20-13-18(9-10-21(20)27)33(29,30)26-19-7-5-6-8-22(19)31-4/h5-13,26-27H,14H2,1-4H3,(H,25,28). The fraction of sp³-hybridized carbons (Fsp3) is 0.208. The van der Waals surface area contributed by atoms with Crippen LogP contribution in [0.4, 0.5) is 11.4 Å². The van der Waals surface area contributed by atoms with Crippen LogP contribution >= 0.6 is 0 Å². The summed E-state index contributed by atoms with van der Waals surface area (Å²) in [7, 11) is -2.58. The van der Waals surface area contributed by atoms with E-state index in [-0.39, 0.29) is 28.6 Å². The van der Waals surface area contributed by atoms with Gasteiger partial charge in [-0.05, 0) is 62.2 Å². The Morgan fingerprint density at radius 3 is 2.30 bits per heavy atom. The lowest BCUT2D eigenvalue weighted by atomic mass is 10.1. The molecule has 8 nitrogen and oxygen atoms in total. The number of phenols is 1. The van der Waals surface area contributed by atoms with Crippen LogP contribution in [0.15, 0.2) is 59.5 Å². The maximum Gasteiger partial charge on any atom is 0.262 e. The van der Waals surface area contributed by atoms with E-state index in [0.717, 1.165) is 16.7 Å². The summed E-state index contributed by atoms with van der Waals surface area (Å²) in [5.41, 5.74) is 3.10. The van der Waals surface area contributed by atoms with Crippen LogP contribution in [0, 0.1) is 20.8 Å². The summed E-state index contributed by atoms with van der Waals surface area (Å²) in [6, 6.07) is 14.1. The highest BCUT2D eigenvalue weighted by atomic mass is 32.2. The lowest BCUT2D eigenvalue weighted by molar-refractivity contribution is -0.118. The van der Waals surface area contributed by atoms with Gasteiger partial charge in [-0.25, -0.2) is 8.42 Å². The number of nitrogens with one attached hydrogen (secondary N) is 2. The molecule has 0 fully saturated rings. The van der Waals surface area contributed by atoms with E-state index in [1.165, 1.54) is 25.3 Å². The molecule has 0 spiro atoms. The molecular weight excluding hydrogens is 444 g/mol. The number of benzene rings is 3. The molecule has 0 unspecified atom stereocenters. The predicted octanol–water partition coefficient (Wildman–Crippen LogP) is 4.14. The number of amides is 1. The Kier molecular flexibility index (Phi) is 7.13. The number of aryl methyl sites for hydroxylation is 3. The summed E-state index contributed by atoms with van der Waals surface area (Å²) in [6.45, 7) is 5.45. The molecule has 3 aromatic rings. The third-order valence-electron chi connectivity index (χ3n) is 4.86. The van der Waals surface area contributed by atoms with Crippen LogP contribution in [-0.2, 0) is 14.8 Å². The van der Waals surface area contributed by atoms with Gasteiger partial charge < -0.3 is 19.9 Å². The van der Waals surface area contributed by atoms with E-state index in [4.69, 9.17) is 9.47 Å². The van der Waals surface area contributed by atoms with Crippen molar-refractivity contribution in [1.29, 1.82) is 0 Å². The van der Waals surface area contributed by atoms with Crippen LogP contribution < -0.4 is 19.5 Å². The molecule has 3 N–H and O–H groups in total. The number of phenolic OH excluding ortho intramolecular Hbond substituents is 1. The number of sulfonamides is 1. The second kappa shape index (κ2) is 9.83. The van der Waals surface area contributed by atoms with Crippen molar-refractivity contribution in [2.24, 2.45) is 0 Å². The largest absolute Gasteiger partial charge is 0.506 e. The van der Waals surface area contributed by atoms with Crippen molar-refractivity contribution >= 4 is 27.3 Å². The van der Waals surface area contributed by atoms with Crippen LogP contribution in [0.1, 0.15) is 16.7 Å². The smallest absolute Gasteiger partial charge is 0.262 e. The monoisotopic (exact) mass is 470 g/mol. The van der Waals surface area contributed by atoms with Crippen LogP contribution in [0.2, 0.25) is 0 Å². The van der Waals surface area contributed by atoms with Crippen molar-refractivity contribution < 1.29 is 27.8 Å². The SMILES string of the molecule is COc1ccccc1NS(=O)(=O)c1ccc(O)c(NC(=O)COc2c(C)cc(C)cc2C)c1. The normalized spacial score (nSPS) is 11.0. The number of para-hydroxylation sites is 2. The number of hydrogen-bond acceptors (Lipinski definition) is 6. The van der Waals surface area contributed by atoms with Crippen LogP contribution in [0.25, 0.3) is 0 Å². The Morgan fingerprint density at radius 1 is 0.970 bits per heavy atom. The van der Waals surface area contributed by atoms with E-state index in [1.54, 1.807) is 24.3 Å². The maximum absolute atomic E-state index is 12.8. The number of carbonyl (C=O) groups excluding carboxylic acids is 1. The molecule has 3 aromatic carbocycles. The molecule has 0 aliphatic heterocycles. The second-order valence-corrected chi connectivity index (χ2v) is 9.23. The van der Waals surface area contributed by atoms with Gasteiger partial charge in [-0.3, -0.25) is 9.52 Å². The first-order valence-corrected chi connectivity index (χ1v) is 11.6. The zero-order chi connectivity index (χ0) is 24.2. The molecule has 0 bridgehead atoms. The molecule has 0 saturated heterocycles. The molecule has 9 heteroatoms. The van der Waals surface area contributed by atoms with Gasteiger partial charge in [0.25, 0.3) is 15.9 Å². The Hall–Kier alpha value is -3.72. The fourth-order valence-electron chi connectivity index (χ4n) is 3.43. The van der Waals surface area contributed by atoms with Crippen LogP contribution in [0.3, 0.4) is 0 Å². The first-order valence-electron chi connectivity index (χ1n) is 10.1. The van der Waals surface area contributed by atoms with Crippen molar-refractivity contribution in [3.05, 3.63) is 71.3 Å².